The number of anilines is 1. The Morgan fingerprint density at radius 3 is 2.63 bits per heavy atom. The van der Waals surface area contributed by atoms with Gasteiger partial charge in [0.05, 0.1) is 30.6 Å². The molecule has 1 N–H and O–H groups in total. The molecule has 6 nitrogen and oxygen atoms in total. The summed E-state index contributed by atoms with van der Waals surface area (Å²) in [7, 11) is 0. The molecule has 2 aromatic heterocycles. The Balaban J connectivity index is 1.55. The summed E-state index contributed by atoms with van der Waals surface area (Å²) in [5.74, 6) is 0.589. The summed E-state index contributed by atoms with van der Waals surface area (Å²) in [4.78, 5) is 25.3. The van der Waals surface area contributed by atoms with Crippen molar-refractivity contribution in [1.29, 1.82) is 0 Å². The third-order valence-corrected chi connectivity index (χ3v) is 5.58. The van der Waals surface area contributed by atoms with Gasteiger partial charge in [-0.15, -0.1) is 0 Å². The van der Waals surface area contributed by atoms with Crippen LogP contribution < -0.4 is 10.1 Å². The number of ether oxygens (including phenoxy) is 1. The maximum absolute atomic E-state index is 13.1. The number of carbonyl (C=O) groups is 1. The van der Waals surface area contributed by atoms with Gasteiger partial charge in [0.25, 0.3) is 0 Å². The first kappa shape index (κ1) is 20.2. The minimum Gasteiger partial charge on any atom is -0.489 e. The van der Waals surface area contributed by atoms with E-state index in [1.165, 1.54) is 12.1 Å². The Kier molecular flexibility index (Phi) is 5.39. The van der Waals surface area contributed by atoms with Crippen molar-refractivity contribution >= 4 is 23.3 Å². The highest BCUT2D eigenvalue weighted by atomic mass is 35.5. The highest BCUT2D eigenvalue weighted by Crippen LogP contribution is 2.55. The zero-order chi connectivity index (χ0) is 21.3. The van der Waals surface area contributed by atoms with Crippen LogP contribution in [0.3, 0.4) is 0 Å². The van der Waals surface area contributed by atoms with Gasteiger partial charge in [-0.2, -0.15) is 0 Å². The number of halogens is 2. The van der Waals surface area contributed by atoms with Crippen LogP contribution in [0, 0.1) is 25.6 Å². The van der Waals surface area contributed by atoms with Crippen LogP contribution in [-0.4, -0.2) is 27.5 Å². The summed E-state index contributed by atoms with van der Waals surface area (Å²) in [6.07, 6.45) is 3.32. The average molecular weight is 427 g/mol. The lowest BCUT2D eigenvalue weighted by atomic mass is 9.93. The molecule has 1 aliphatic carbocycles. The lowest BCUT2D eigenvalue weighted by Gasteiger charge is -2.19. The number of hydrogen-bond acceptors (Lipinski definition) is 5. The summed E-state index contributed by atoms with van der Waals surface area (Å²) in [5, 5.41) is 3.38. The molecule has 8 heteroatoms. The van der Waals surface area contributed by atoms with Crippen LogP contribution >= 0.6 is 11.6 Å². The monoisotopic (exact) mass is 426 g/mol. The van der Waals surface area contributed by atoms with Gasteiger partial charge in [0.1, 0.15) is 17.5 Å². The number of rotatable bonds is 6. The zero-order valence-corrected chi connectivity index (χ0v) is 17.3. The zero-order valence-electron chi connectivity index (χ0n) is 16.5. The molecule has 0 spiro atoms. The number of nitrogens with one attached hydrogen (secondary N) is 1. The number of aryl methyl sites for hydroxylation is 2. The lowest BCUT2D eigenvalue weighted by molar-refractivity contribution is -0.117. The van der Waals surface area contributed by atoms with E-state index in [2.05, 4.69) is 20.3 Å². The molecule has 4 rings (SSSR count). The molecule has 1 amide bonds. The summed E-state index contributed by atoms with van der Waals surface area (Å²) < 4.78 is 19.1. The second kappa shape index (κ2) is 7.99. The van der Waals surface area contributed by atoms with E-state index in [4.69, 9.17) is 16.3 Å². The van der Waals surface area contributed by atoms with Crippen LogP contribution in [0.4, 0.5) is 10.2 Å². The van der Waals surface area contributed by atoms with Gasteiger partial charge in [0.2, 0.25) is 5.91 Å². The summed E-state index contributed by atoms with van der Waals surface area (Å²) in [6.45, 7) is 3.96. The molecule has 0 aliphatic heterocycles. The van der Waals surface area contributed by atoms with Crippen LogP contribution in [0.25, 0.3) is 0 Å². The second-order valence-corrected chi connectivity index (χ2v) is 7.86. The molecule has 0 radical (unpaired) electrons. The highest BCUT2D eigenvalue weighted by Gasteiger charge is 2.60. The van der Waals surface area contributed by atoms with E-state index in [0.717, 1.165) is 17.5 Å². The molecule has 0 saturated heterocycles. The first-order chi connectivity index (χ1) is 14.4. The predicted molar refractivity (Wildman–Crippen MR) is 111 cm³/mol. The second-order valence-electron chi connectivity index (χ2n) is 7.43. The van der Waals surface area contributed by atoms with Gasteiger partial charge in [-0.3, -0.25) is 4.79 Å². The topological polar surface area (TPSA) is 77.0 Å². The van der Waals surface area contributed by atoms with Crippen LogP contribution in [0.5, 0.6) is 5.75 Å². The van der Waals surface area contributed by atoms with Gasteiger partial charge in [-0.05, 0) is 50.1 Å². The minimum atomic E-state index is -0.508. The first-order valence-corrected chi connectivity index (χ1v) is 9.87. The Morgan fingerprint density at radius 2 is 1.97 bits per heavy atom. The van der Waals surface area contributed by atoms with E-state index in [-0.39, 0.29) is 18.4 Å². The Bertz CT molecular complexity index is 1080. The van der Waals surface area contributed by atoms with Crippen LogP contribution in [0.2, 0.25) is 5.02 Å². The van der Waals surface area contributed by atoms with Crippen molar-refractivity contribution in [3.63, 3.8) is 0 Å². The smallest absolute Gasteiger partial charge is 0.229 e. The van der Waals surface area contributed by atoms with Crippen molar-refractivity contribution < 1.29 is 13.9 Å². The number of carbonyl (C=O) groups excluding carboxylic acids is 1. The molecule has 1 aromatic carbocycles. The Hall–Kier alpha value is -3.06. The van der Waals surface area contributed by atoms with Gasteiger partial charge in [-0.1, -0.05) is 23.7 Å². The van der Waals surface area contributed by atoms with Gasteiger partial charge in [0, 0.05) is 10.4 Å². The van der Waals surface area contributed by atoms with Crippen molar-refractivity contribution in [2.24, 2.45) is 5.92 Å². The number of nitrogens with zero attached hydrogens (tertiary/aromatic N) is 3. The van der Waals surface area contributed by atoms with E-state index in [1.807, 2.05) is 26.0 Å². The highest BCUT2D eigenvalue weighted by molar-refractivity contribution is 6.30. The number of hydrogen-bond donors (Lipinski definition) is 1. The molecule has 0 bridgehead atoms. The molecule has 154 valence electrons. The fourth-order valence-corrected chi connectivity index (χ4v) is 3.70. The standard InChI is InChI=1S/C22H20ClFN4O2/c1-13-19(11-25-14(2)27-13)30-12-22(15-3-5-16(23)6-4-15)9-18(22)21(29)28-20-8-7-17(24)10-26-20/h3-8,10-11,18H,9,12H2,1-2H3,(H,26,28,29)/t18-,22+/m0/s1. The largest absolute Gasteiger partial charge is 0.489 e. The third kappa shape index (κ3) is 4.11. The third-order valence-electron chi connectivity index (χ3n) is 5.33. The van der Waals surface area contributed by atoms with Crippen LogP contribution in [0.1, 0.15) is 23.5 Å². The molecule has 1 fully saturated rings. The summed E-state index contributed by atoms with van der Waals surface area (Å²) >= 11 is 6.04. The Labute approximate surface area is 178 Å². The molecule has 0 unspecified atom stereocenters. The normalized spacial score (nSPS) is 19.9. The number of aromatic nitrogens is 3. The van der Waals surface area contributed by atoms with Crippen LogP contribution in [-0.2, 0) is 10.2 Å². The fourth-order valence-electron chi connectivity index (χ4n) is 3.58. The Morgan fingerprint density at radius 1 is 1.20 bits per heavy atom. The molecule has 2 atom stereocenters. The molecular formula is C22H20ClFN4O2. The minimum absolute atomic E-state index is 0.190. The molecule has 2 heterocycles. The molecule has 1 aliphatic rings. The van der Waals surface area contributed by atoms with Gasteiger partial charge >= 0.3 is 0 Å². The summed E-state index contributed by atoms with van der Waals surface area (Å²) in [5.41, 5.74) is 1.20. The summed E-state index contributed by atoms with van der Waals surface area (Å²) in [6, 6.07) is 10.1. The van der Waals surface area contributed by atoms with E-state index in [9.17, 15) is 9.18 Å². The van der Waals surface area contributed by atoms with E-state index >= 15 is 0 Å². The quantitative estimate of drug-likeness (QED) is 0.637. The van der Waals surface area contributed by atoms with Gasteiger partial charge in [-0.25, -0.2) is 19.3 Å². The van der Waals surface area contributed by atoms with E-state index in [1.54, 1.807) is 18.3 Å². The van der Waals surface area contributed by atoms with E-state index < -0.39 is 11.2 Å². The number of amides is 1. The van der Waals surface area contributed by atoms with Crippen molar-refractivity contribution in [3.05, 3.63) is 76.7 Å². The molecule has 3 aromatic rings. The first-order valence-electron chi connectivity index (χ1n) is 9.49. The lowest BCUT2D eigenvalue weighted by Crippen LogP contribution is -2.27. The molecule has 30 heavy (non-hydrogen) atoms. The van der Waals surface area contributed by atoms with Crippen molar-refractivity contribution in [2.75, 3.05) is 11.9 Å². The van der Waals surface area contributed by atoms with Crippen molar-refractivity contribution in [1.82, 2.24) is 15.0 Å². The number of pyridine rings is 1. The van der Waals surface area contributed by atoms with Crippen LogP contribution in [0.15, 0.2) is 48.8 Å². The molecular weight excluding hydrogens is 407 g/mol. The van der Waals surface area contributed by atoms with Gasteiger partial charge < -0.3 is 10.1 Å². The SMILES string of the molecule is Cc1ncc(OC[C@@]2(c3ccc(Cl)cc3)C[C@H]2C(=O)Nc2ccc(F)cn2)c(C)n1. The maximum Gasteiger partial charge on any atom is 0.229 e. The van der Waals surface area contributed by atoms with E-state index in [0.29, 0.717) is 28.8 Å². The maximum atomic E-state index is 13.1. The van der Waals surface area contributed by atoms with Gasteiger partial charge in [0.15, 0.2) is 5.75 Å². The van der Waals surface area contributed by atoms with Crippen molar-refractivity contribution in [2.45, 2.75) is 25.7 Å². The average Bonchev–Trinajstić information content (AvgIpc) is 3.45. The molecule has 1 saturated carbocycles. The number of benzene rings is 1. The van der Waals surface area contributed by atoms with Crippen molar-refractivity contribution in [3.8, 4) is 5.75 Å². The predicted octanol–water partition coefficient (Wildman–Crippen LogP) is 4.26. The fraction of sp³-hybridized carbons (Fsp3) is 0.273.